The third kappa shape index (κ3) is 7.51. The van der Waals surface area contributed by atoms with Gasteiger partial charge in [-0.1, -0.05) is 31.5 Å². The maximum absolute atomic E-state index is 13.9. The standard InChI is InChI=1S/C32H37Br2NO6S/c1-5-6-11-29-32(24-10-7-8-12-27(24)41-29)42(36,37)23-20-25(33)31(26(34)21-23)40-18-9-16-35(2)17-15-22-13-14-28(38-3)30(19-22)39-4/h7-8,10,12-14,19-21H,5-6,9,11,15-18H2,1-4H3. The first-order valence-corrected chi connectivity index (χ1v) is 17.0. The fourth-order valence-corrected chi connectivity index (χ4v) is 8.19. The van der Waals surface area contributed by atoms with Crippen molar-refractivity contribution in [2.24, 2.45) is 0 Å². The van der Waals surface area contributed by atoms with Crippen LogP contribution in [0, 0.1) is 0 Å². The summed E-state index contributed by atoms with van der Waals surface area (Å²) >= 11 is 7.09. The number of rotatable bonds is 15. The van der Waals surface area contributed by atoms with Gasteiger partial charge in [0.05, 0.1) is 34.7 Å². The number of para-hydroxylation sites is 1. The molecule has 7 nitrogen and oxygen atoms in total. The fraction of sp³-hybridized carbons (Fsp3) is 0.375. The molecule has 10 heteroatoms. The van der Waals surface area contributed by atoms with Gasteiger partial charge in [-0.3, -0.25) is 0 Å². The van der Waals surface area contributed by atoms with Crippen LogP contribution in [0.1, 0.15) is 37.5 Å². The second kappa shape index (κ2) is 14.8. The van der Waals surface area contributed by atoms with Gasteiger partial charge in [0.25, 0.3) is 0 Å². The minimum absolute atomic E-state index is 0.174. The summed E-state index contributed by atoms with van der Waals surface area (Å²) < 4.78 is 51.8. The van der Waals surface area contributed by atoms with Gasteiger partial charge in [0, 0.05) is 24.9 Å². The summed E-state index contributed by atoms with van der Waals surface area (Å²) in [6.45, 7) is 4.29. The number of halogens is 2. The third-order valence-corrected chi connectivity index (χ3v) is 10.1. The van der Waals surface area contributed by atoms with Crippen LogP contribution in [0.25, 0.3) is 11.0 Å². The highest BCUT2D eigenvalue weighted by Gasteiger charge is 2.29. The number of aryl methyl sites for hydroxylation is 1. The molecular weight excluding hydrogens is 686 g/mol. The summed E-state index contributed by atoms with van der Waals surface area (Å²) in [6.07, 6.45) is 4.04. The highest BCUT2D eigenvalue weighted by molar-refractivity contribution is 9.11. The predicted octanol–water partition coefficient (Wildman–Crippen LogP) is 8.09. The number of benzene rings is 3. The normalized spacial score (nSPS) is 11.8. The Bertz CT molecular complexity index is 1600. The van der Waals surface area contributed by atoms with Gasteiger partial charge in [0.15, 0.2) is 11.5 Å². The van der Waals surface area contributed by atoms with Crippen molar-refractivity contribution in [3.05, 3.63) is 74.9 Å². The van der Waals surface area contributed by atoms with Crippen LogP contribution in [0.2, 0.25) is 0 Å². The molecule has 0 aliphatic heterocycles. The van der Waals surface area contributed by atoms with E-state index in [9.17, 15) is 8.42 Å². The van der Waals surface area contributed by atoms with Crippen molar-refractivity contribution in [3.63, 3.8) is 0 Å². The molecule has 0 saturated carbocycles. The molecule has 1 aromatic heterocycles. The average molecular weight is 724 g/mol. The van der Waals surface area contributed by atoms with Crippen molar-refractivity contribution < 1.29 is 27.0 Å². The van der Waals surface area contributed by atoms with E-state index in [4.69, 9.17) is 18.6 Å². The second-order valence-corrected chi connectivity index (χ2v) is 13.7. The number of hydrogen-bond acceptors (Lipinski definition) is 7. The smallest absolute Gasteiger partial charge is 0.210 e. The average Bonchev–Trinajstić information content (AvgIpc) is 3.37. The van der Waals surface area contributed by atoms with Gasteiger partial charge < -0.3 is 23.5 Å². The quantitative estimate of drug-likeness (QED) is 0.115. The molecule has 0 unspecified atom stereocenters. The van der Waals surface area contributed by atoms with Crippen molar-refractivity contribution in [3.8, 4) is 17.2 Å². The van der Waals surface area contributed by atoms with E-state index in [1.54, 1.807) is 38.5 Å². The summed E-state index contributed by atoms with van der Waals surface area (Å²) in [4.78, 5) is 2.67. The molecule has 0 amide bonds. The van der Waals surface area contributed by atoms with E-state index in [0.717, 1.165) is 50.3 Å². The van der Waals surface area contributed by atoms with Crippen molar-refractivity contribution in [2.45, 2.75) is 48.8 Å². The molecule has 0 fully saturated rings. The summed E-state index contributed by atoms with van der Waals surface area (Å²) in [5.41, 5.74) is 1.76. The Morgan fingerprint density at radius 3 is 2.29 bits per heavy atom. The molecule has 4 aromatic rings. The molecule has 0 radical (unpaired) electrons. The molecule has 0 bridgehead atoms. The first-order valence-electron chi connectivity index (χ1n) is 14.0. The van der Waals surface area contributed by atoms with Crippen molar-refractivity contribution in [2.75, 3.05) is 41.0 Å². The van der Waals surface area contributed by atoms with Crippen molar-refractivity contribution in [1.82, 2.24) is 4.90 Å². The number of ether oxygens (including phenoxy) is 3. The molecule has 1 heterocycles. The Balaban J connectivity index is 1.39. The zero-order chi connectivity index (χ0) is 30.3. The Morgan fingerprint density at radius 1 is 0.881 bits per heavy atom. The minimum atomic E-state index is -3.85. The lowest BCUT2D eigenvalue weighted by atomic mass is 10.1. The van der Waals surface area contributed by atoms with Gasteiger partial charge in [-0.2, -0.15) is 0 Å². The first kappa shape index (κ1) is 32.4. The Labute approximate surface area is 265 Å². The van der Waals surface area contributed by atoms with Crippen molar-refractivity contribution in [1.29, 1.82) is 0 Å². The number of hydrogen-bond donors (Lipinski definition) is 0. The van der Waals surface area contributed by atoms with Gasteiger partial charge in [-0.05, 0) is 100 Å². The first-order chi connectivity index (χ1) is 20.2. The molecule has 0 aliphatic carbocycles. The van der Waals surface area contributed by atoms with E-state index in [1.807, 2.05) is 24.3 Å². The van der Waals surface area contributed by atoms with Gasteiger partial charge in [0.2, 0.25) is 9.84 Å². The van der Waals surface area contributed by atoms with E-state index in [-0.39, 0.29) is 9.79 Å². The van der Waals surface area contributed by atoms with E-state index >= 15 is 0 Å². The number of sulfone groups is 1. The van der Waals surface area contributed by atoms with E-state index in [2.05, 4.69) is 56.8 Å². The highest BCUT2D eigenvalue weighted by Crippen LogP contribution is 2.40. The molecule has 42 heavy (non-hydrogen) atoms. The van der Waals surface area contributed by atoms with Crippen LogP contribution in [-0.2, 0) is 22.7 Å². The summed E-state index contributed by atoms with van der Waals surface area (Å²) in [5.74, 6) is 2.53. The van der Waals surface area contributed by atoms with Crippen molar-refractivity contribution >= 4 is 52.7 Å². The van der Waals surface area contributed by atoms with Crippen LogP contribution in [0.15, 0.2) is 77.8 Å². The monoisotopic (exact) mass is 721 g/mol. The largest absolute Gasteiger partial charge is 0.493 e. The van der Waals surface area contributed by atoms with Crippen LogP contribution in [0.3, 0.4) is 0 Å². The zero-order valence-electron chi connectivity index (χ0n) is 24.4. The van der Waals surface area contributed by atoms with Crippen LogP contribution in [0.5, 0.6) is 17.2 Å². The maximum Gasteiger partial charge on any atom is 0.210 e. The Morgan fingerprint density at radius 2 is 1.60 bits per heavy atom. The lowest BCUT2D eigenvalue weighted by molar-refractivity contribution is 0.262. The van der Waals surface area contributed by atoms with Crippen LogP contribution >= 0.6 is 31.9 Å². The minimum Gasteiger partial charge on any atom is -0.493 e. The molecule has 4 rings (SSSR count). The molecule has 0 saturated heterocycles. The van der Waals surface area contributed by atoms with Crippen LogP contribution in [-0.4, -0.2) is 54.3 Å². The zero-order valence-corrected chi connectivity index (χ0v) is 28.4. The predicted molar refractivity (Wildman–Crippen MR) is 173 cm³/mol. The molecule has 0 aliphatic rings. The number of unbranched alkanes of at least 4 members (excludes halogenated alkanes) is 1. The van der Waals surface area contributed by atoms with Gasteiger partial charge in [-0.15, -0.1) is 0 Å². The molecule has 0 atom stereocenters. The molecule has 226 valence electrons. The number of furan rings is 1. The molecule has 0 N–H and O–H groups in total. The van der Waals surface area contributed by atoms with Gasteiger partial charge in [-0.25, -0.2) is 8.42 Å². The van der Waals surface area contributed by atoms with E-state index in [0.29, 0.717) is 44.5 Å². The Hall–Kier alpha value is -2.53. The lowest BCUT2D eigenvalue weighted by Gasteiger charge is -2.18. The highest BCUT2D eigenvalue weighted by atomic mass is 79.9. The lowest BCUT2D eigenvalue weighted by Crippen LogP contribution is -2.23. The van der Waals surface area contributed by atoms with E-state index < -0.39 is 9.84 Å². The second-order valence-electron chi connectivity index (χ2n) is 10.1. The molecular formula is C32H37Br2NO6S. The third-order valence-electron chi connectivity index (χ3n) is 7.09. The molecule has 0 spiro atoms. The van der Waals surface area contributed by atoms with Crippen LogP contribution in [0.4, 0.5) is 0 Å². The van der Waals surface area contributed by atoms with E-state index in [1.165, 1.54) is 5.56 Å². The number of nitrogens with zero attached hydrogens (tertiary/aromatic N) is 1. The fourth-order valence-electron chi connectivity index (χ4n) is 4.79. The summed E-state index contributed by atoms with van der Waals surface area (Å²) in [5, 5.41) is 0.603. The number of likely N-dealkylation sites (N-methyl/N-ethyl adjacent to an activating group) is 1. The van der Waals surface area contributed by atoms with Gasteiger partial charge >= 0.3 is 0 Å². The number of fused-ring (bicyclic) bond motifs is 1. The topological polar surface area (TPSA) is 78.2 Å². The van der Waals surface area contributed by atoms with Crippen LogP contribution < -0.4 is 14.2 Å². The number of methoxy groups -OCH3 is 2. The SMILES string of the molecule is CCCCc1oc2ccccc2c1S(=O)(=O)c1cc(Br)c(OCCCN(C)CCc2ccc(OC)c(OC)c2)c(Br)c1. The van der Waals surface area contributed by atoms with Gasteiger partial charge in [0.1, 0.15) is 22.0 Å². The summed E-state index contributed by atoms with van der Waals surface area (Å²) in [7, 11) is 1.51. The Kier molecular flexibility index (Phi) is 11.4. The maximum atomic E-state index is 13.9. The molecule has 3 aromatic carbocycles. The summed E-state index contributed by atoms with van der Waals surface area (Å²) in [6, 6.07) is 16.5.